The van der Waals surface area contributed by atoms with E-state index >= 15 is 0 Å². The second-order valence-corrected chi connectivity index (χ2v) is 5.63. The fraction of sp³-hybridized carbons (Fsp3) is 0.467. The minimum absolute atomic E-state index is 0.247. The van der Waals surface area contributed by atoms with Gasteiger partial charge in [0.25, 0.3) is 0 Å². The van der Waals surface area contributed by atoms with Gasteiger partial charge in [0.15, 0.2) is 0 Å². The molecule has 2 aliphatic carbocycles. The van der Waals surface area contributed by atoms with Crippen LogP contribution in [-0.2, 0) is 6.42 Å². The second-order valence-electron chi connectivity index (χ2n) is 5.63. The quantitative estimate of drug-likeness (QED) is 0.593. The zero-order valence-electron chi connectivity index (χ0n) is 9.99. The number of hydrogen-bond donors (Lipinski definition) is 0. The third-order valence-corrected chi connectivity index (χ3v) is 4.23. The molecule has 0 N–H and O–H groups in total. The van der Waals surface area contributed by atoms with Crippen molar-refractivity contribution in [2.75, 3.05) is 0 Å². The molecule has 0 spiro atoms. The first kappa shape index (κ1) is 9.95. The van der Waals surface area contributed by atoms with Gasteiger partial charge in [-0.25, -0.2) is 0 Å². The van der Waals surface area contributed by atoms with Gasteiger partial charge >= 0.3 is 0 Å². The Morgan fingerprint density at radius 1 is 1.44 bits per heavy atom. The molecule has 1 heteroatoms. The molecule has 0 unspecified atom stereocenters. The minimum Gasteiger partial charge on any atom is -0.468 e. The van der Waals surface area contributed by atoms with Crippen molar-refractivity contribution in [3.63, 3.8) is 0 Å². The zero-order chi connectivity index (χ0) is 11.3. The highest BCUT2D eigenvalue weighted by Crippen LogP contribution is 2.49. The highest BCUT2D eigenvalue weighted by atomic mass is 16.3. The lowest BCUT2D eigenvalue weighted by atomic mass is 9.66. The molecule has 2 bridgehead atoms. The Balaban J connectivity index is 2.14. The first-order valence-corrected chi connectivity index (χ1v) is 6.04. The van der Waals surface area contributed by atoms with Gasteiger partial charge in [-0.05, 0) is 35.8 Å². The summed E-state index contributed by atoms with van der Waals surface area (Å²) in [5.74, 6) is 2.02. The van der Waals surface area contributed by atoms with Crippen molar-refractivity contribution < 1.29 is 4.42 Å². The second kappa shape index (κ2) is 3.13. The van der Waals surface area contributed by atoms with Crippen LogP contribution in [0.2, 0.25) is 0 Å². The maximum absolute atomic E-state index is 5.65. The summed E-state index contributed by atoms with van der Waals surface area (Å²) in [5.41, 5.74) is 2.95. The summed E-state index contributed by atoms with van der Waals surface area (Å²) in [6, 6.07) is 2.12. The zero-order valence-corrected chi connectivity index (χ0v) is 9.99. The number of rotatable bonds is 0. The Labute approximate surface area is 96.8 Å². The number of allylic oxidation sites excluding steroid dienone is 3. The van der Waals surface area contributed by atoms with E-state index in [-0.39, 0.29) is 5.41 Å². The van der Waals surface area contributed by atoms with E-state index in [0.29, 0.717) is 11.8 Å². The van der Waals surface area contributed by atoms with E-state index in [9.17, 15) is 0 Å². The van der Waals surface area contributed by atoms with E-state index < -0.39 is 0 Å². The maximum atomic E-state index is 5.65. The van der Waals surface area contributed by atoms with Crippen LogP contribution in [0.4, 0.5) is 0 Å². The topological polar surface area (TPSA) is 13.1 Å². The number of hydrogen-bond acceptors (Lipinski definition) is 1. The predicted octanol–water partition coefficient (Wildman–Crippen LogP) is 4.08. The molecule has 0 aromatic carbocycles. The highest BCUT2D eigenvalue weighted by molar-refractivity contribution is 5.40. The van der Waals surface area contributed by atoms with Crippen LogP contribution in [-0.4, -0.2) is 0 Å². The third kappa shape index (κ3) is 1.24. The van der Waals surface area contributed by atoms with Gasteiger partial charge in [0, 0.05) is 0 Å². The van der Waals surface area contributed by atoms with Gasteiger partial charge < -0.3 is 4.42 Å². The van der Waals surface area contributed by atoms with Crippen LogP contribution < -0.4 is 0 Å². The van der Waals surface area contributed by atoms with Crippen LogP contribution in [0, 0.1) is 11.3 Å². The van der Waals surface area contributed by atoms with Gasteiger partial charge in [0.2, 0.25) is 0 Å². The monoisotopic (exact) mass is 214 g/mol. The fourth-order valence-corrected chi connectivity index (χ4v) is 3.22. The molecule has 3 rings (SSSR count). The van der Waals surface area contributed by atoms with Gasteiger partial charge in [-0.2, -0.15) is 0 Å². The molecule has 0 saturated carbocycles. The average molecular weight is 214 g/mol. The van der Waals surface area contributed by atoms with Crippen molar-refractivity contribution >= 4 is 0 Å². The van der Waals surface area contributed by atoms with Crippen molar-refractivity contribution in [3.05, 3.63) is 48.0 Å². The van der Waals surface area contributed by atoms with E-state index in [2.05, 4.69) is 38.6 Å². The van der Waals surface area contributed by atoms with Crippen LogP contribution in [0.25, 0.3) is 0 Å². The summed E-state index contributed by atoms with van der Waals surface area (Å²) >= 11 is 0. The van der Waals surface area contributed by atoms with Crippen molar-refractivity contribution in [2.45, 2.75) is 32.6 Å². The van der Waals surface area contributed by atoms with Gasteiger partial charge in [-0.3, -0.25) is 0 Å². The van der Waals surface area contributed by atoms with Crippen molar-refractivity contribution in [2.24, 2.45) is 11.3 Å². The Hall–Kier alpha value is -1.24. The lowest BCUT2D eigenvalue weighted by Gasteiger charge is -2.38. The summed E-state index contributed by atoms with van der Waals surface area (Å²) < 4.78 is 5.65. The van der Waals surface area contributed by atoms with E-state index in [4.69, 9.17) is 4.42 Å². The Kier molecular flexibility index (Phi) is 1.95. The van der Waals surface area contributed by atoms with E-state index in [0.717, 1.165) is 12.2 Å². The molecule has 1 heterocycles. The van der Waals surface area contributed by atoms with Crippen LogP contribution in [0.1, 0.15) is 37.5 Å². The van der Waals surface area contributed by atoms with Crippen molar-refractivity contribution in [1.29, 1.82) is 0 Å². The third-order valence-electron chi connectivity index (χ3n) is 4.23. The Morgan fingerprint density at radius 3 is 3.06 bits per heavy atom. The largest absolute Gasteiger partial charge is 0.468 e. The molecule has 1 nitrogen and oxygen atoms in total. The maximum Gasteiger partial charge on any atom is 0.117 e. The lowest BCUT2D eigenvalue weighted by Crippen LogP contribution is -2.28. The number of aryl methyl sites for hydroxylation is 1. The Bertz CT molecular complexity index is 462. The van der Waals surface area contributed by atoms with Gasteiger partial charge in [0.1, 0.15) is 5.76 Å². The molecule has 16 heavy (non-hydrogen) atoms. The normalized spacial score (nSPS) is 31.0. The molecule has 84 valence electrons. The molecule has 0 saturated heterocycles. The molecule has 1 aromatic rings. The minimum atomic E-state index is 0.247. The van der Waals surface area contributed by atoms with Gasteiger partial charge in [0.05, 0.1) is 12.2 Å². The molecule has 0 fully saturated rings. The molecule has 0 aliphatic heterocycles. The van der Waals surface area contributed by atoms with Crippen molar-refractivity contribution in [1.82, 2.24) is 0 Å². The van der Waals surface area contributed by atoms with E-state index in [1.54, 1.807) is 0 Å². The molecule has 0 radical (unpaired) electrons. The molecular formula is C15H18O. The van der Waals surface area contributed by atoms with Crippen LogP contribution in [0.3, 0.4) is 0 Å². The first-order chi connectivity index (χ1) is 7.59. The molecular weight excluding hydrogens is 196 g/mol. The number of furan rings is 1. The van der Waals surface area contributed by atoms with E-state index in [1.807, 2.05) is 6.26 Å². The van der Waals surface area contributed by atoms with Crippen LogP contribution >= 0.6 is 0 Å². The first-order valence-electron chi connectivity index (χ1n) is 6.04. The standard InChI is InChI=1S/C15H18O/c1-10-12-6-8-15(2,3)13(10)5-4-11-7-9-16-14(11)12/h6-9,12-13H,1,4-5H2,2-3H3/t12-,13-/m0/s1. The van der Waals surface area contributed by atoms with E-state index in [1.165, 1.54) is 17.6 Å². The summed E-state index contributed by atoms with van der Waals surface area (Å²) in [4.78, 5) is 0. The smallest absolute Gasteiger partial charge is 0.117 e. The van der Waals surface area contributed by atoms with Crippen LogP contribution in [0.15, 0.2) is 41.1 Å². The van der Waals surface area contributed by atoms with Crippen molar-refractivity contribution in [3.8, 4) is 0 Å². The lowest BCUT2D eigenvalue weighted by molar-refractivity contribution is 0.292. The molecule has 0 amide bonds. The SMILES string of the molecule is C=C1[C@@H]2C=CC(C)(C)[C@H]1CCc1ccoc12. The van der Waals surface area contributed by atoms with Gasteiger partial charge in [-0.15, -0.1) is 0 Å². The summed E-state index contributed by atoms with van der Waals surface area (Å²) in [5, 5.41) is 0. The summed E-state index contributed by atoms with van der Waals surface area (Å²) in [7, 11) is 0. The fourth-order valence-electron chi connectivity index (χ4n) is 3.22. The molecule has 2 aliphatic rings. The van der Waals surface area contributed by atoms with Crippen LogP contribution in [0.5, 0.6) is 0 Å². The Morgan fingerprint density at radius 2 is 2.25 bits per heavy atom. The average Bonchev–Trinajstić information content (AvgIpc) is 2.61. The molecule has 2 atom stereocenters. The molecule has 1 aromatic heterocycles. The predicted molar refractivity (Wildman–Crippen MR) is 65.3 cm³/mol. The highest BCUT2D eigenvalue weighted by Gasteiger charge is 2.39. The summed E-state index contributed by atoms with van der Waals surface area (Å²) in [6.45, 7) is 8.94. The van der Waals surface area contributed by atoms with Gasteiger partial charge in [-0.1, -0.05) is 38.2 Å². The summed E-state index contributed by atoms with van der Waals surface area (Å²) in [6.07, 6.45) is 8.74. The number of fused-ring (bicyclic) bond motifs is 4.